The summed E-state index contributed by atoms with van der Waals surface area (Å²) in [5.41, 5.74) is 2.30. The van der Waals surface area contributed by atoms with Gasteiger partial charge in [-0.05, 0) is 50.2 Å². The molecule has 0 radical (unpaired) electrons. The lowest BCUT2D eigenvalue weighted by Crippen LogP contribution is -2.21. The Morgan fingerprint density at radius 3 is 3.16 bits per heavy atom. The molecule has 0 amide bonds. The highest BCUT2D eigenvalue weighted by Crippen LogP contribution is 2.32. The number of carbonyl (C=O) groups is 1. The van der Waals surface area contributed by atoms with E-state index in [9.17, 15) is 4.79 Å². The van der Waals surface area contributed by atoms with Gasteiger partial charge in [-0.25, -0.2) is 0 Å². The van der Waals surface area contributed by atoms with Gasteiger partial charge in [-0.15, -0.1) is 0 Å². The predicted octanol–water partition coefficient (Wildman–Crippen LogP) is 3.03. The van der Waals surface area contributed by atoms with Gasteiger partial charge >= 0.3 is 0 Å². The fourth-order valence-corrected chi connectivity index (χ4v) is 3.27. The first-order valence-corrected chi connectivity index (χ1v) is 7.42. The minimum absolute atomic E-state index is 0.0337. The number of aryl methyl sites for hydroxylation is 1. The maximum atomic E-state index is 12.4. The molecule has 0 saturated carbocycles. The van der Waals surface area contributed by atoms with Gasteiger partial charge in [0.15, 0.2) is 0 Å². The van der Waals surface area contributed by atoms with Gasteiger partial charge in [0, 0.05) is 19.2 Å². The van der Waals surface area contributed by atoms with E-state index >= 15 is 0 Å². The van der Waals surface area contributed by atoms with Gasteiger partial charge in [-0.1, -0.05) is 6.07 Å². The molecule has 1 aromatic heterocycles. The zero-order chi connectivity index (χ0) is 13.1. The minimum Gasteiger partial charge on any atom is -0.378 e. The molecule has 2 aliphatic rings. The van der Waals surface area contributed by atoms with E-state index in [2.05, 4.69) is 11.1 Å². The van der Waals surface area contributed by atoms with E-state index < -0.39 is 0 Å². The van der Waals surface area contributed by atoms with Crippen LogP contribution >= 0.6 is 0 Å². The standard InChI is InChI=1S/C16H21NO2/c18-15(9-8-13-6-3-11-19-13)14-7-1-4-12-5-2-10-17-16(12)14/h2,5,10,13-14H,1,3-4,6-9,11H2. The third-order valence-electron chi connectivity index (χ3n) is 4.32. The van der Waals surface area contributed by atoms with E-state index in [0.29, 0.717) is 18.3 Å². The van der Waals surface area contributed by atoms with Gasteiger partial charge in [0.2, 0.25) is 0 Å². The Kier molecular flexibility index (Phi) is 3.92. The third-order valence-corrected chi connectivity index (χ3v) is 4.32. The van der Waals surface area contributed by atoms with E-state index in [1.54, 1.807) is 0 Å². The van der Waals surface area contributed by atoms with Crippen LogP contribution in [-0.4, -0.2) is 23.5 Å². The topological polar surface area (TPSA) is 39.2 Å². The summed E-state index contributed by atoms with van der Waals surface area (Å²) in [6.07, 6.45) is 9.06. The van der Waals surface area contributed by atoms with Crippen molar-refractivity contribution >= 4 is 5.78 Å². The lowest BCUT2D eigenvalue weighted by atomic mass is 9.82. The molecule has 1 fully saturated rings. The Morgan fingerprint density at radius 2 is 2.32 bits per heavy atom. The van der Waals surface area contributed by atoms with Crippen LogP contribution in [0.15, 0.2) is 18.3 Å². The fourth-order valence-electron chi connectivity index (χ4n) is 3.27. The van der Waals surface area contributed by atoms with E-state index in [0.717, 1.165) is 50.8 Å². The van der Waals surface area contributed by atoms with Crippen LogP contribution in [0.4, 0.5) is 0 Å². The monoisotopic (exact) mass is 259 g/mol. The van der Waals surface area contributed by atoms with Crippen LogP contribution in [0.5, 0.6) is 0 Å². The number of ether oxygens (including phenoxy) is 1. The van der Waals surface area contributed by atoms with Crippen LogP contribution in [0, 0.1) is 0 Å². The van der Waals surface area contributed by atoms with Crippen molar-refractivity contribution in [1.82, 2.24) is 4.98 Å². The highest BCUT2D eigenvalue weighted by atomic mass is 16.5. The maximum absolute atomic E-state index is 12.4. The molecular formula is C16H21NO2. The average molecular weight is 259 g/mol. The highest BCUT2D eigenvalue weighted by molar-refractivity contribution is 5.85. The molecule has 0 N–H and O–H groups in total. The number of pyridine rings is 1. The number of nitrogens with zero attached hydrogens (tertiary/aromatic N) is 1. The van der Waals surface area contributed by atoms with Crippen LogP contribution in [0.3, 0.4) is 0 Å². The van der Waals surface area contributed by atoms with Gasteiger partial charge in [0.25, 0.3) is 0 Å². The molecule has 3 heteroatoms. The second-order valence-electron chi connectivity index (χ2n) is 5.63. The second kappa shape index (κ2) is 5.83. The van der Waals surface area contributed by atoms with Crippen LogP contribution < -0.4 is 0 Å². The molecule has 3 nitrogen and oxygen atoms in total. The predicted molar refractivity (Wildman–Crippen MR) is 73.1 cm³/mol. The summed E-state index contributed by atoms with van der Waals surface area (Å²) in [6.45, 7) is 0.868. The molecule has 0 spiro atoms. The van der Waals surface area contributed by atoms with Gasteiger partial charge in [0.05, 0.1) is 17.7 Å². The molecular weight excluding hydrogens is 238 g/mol. The Morgan fingerprint density at radius 1 is 1.37 bits per heavy atom. The molecule has 0 bridgehead atoms. The summed E-state index contributed by atoms with van der Waals surface area (Å²) in [7, 11) is 0. The molecule has 19 heavy (non-hydrogen) atoms. The molecule has 1 aromatic rings. The summed E-state index contributed by atoms with van der Waals surface area (Å²) in [6, 6.07) is 4.08. The first-order valence-electron chi connectivity index (χ1n) is 7.42. The van der Waals surface area contributed by atoms with Crippen molar-refractivity contribution in [2.24, 2.45) is 0 Å². The first kappa shape index (κ1) is 12.8. The molecule has 0 aromatic carbocycles. The molecule has 1 aliphatic heterocycles. The summed E-state index contributed by atoms with van der Waals surface area (Å²) < 4.78 is 5.59. The molecule has 102 valence electrons. The maximum Gasteiger partial charge on any atom is 0.142 e. The fraction of sp³-hybridized carbons (Fsp3) is 0.625. The highest BCUT2D eigenvalue weighted by Gasteiger charge is 2.28. The van der Waals surface area contributed by atoms with Crippen molar-refractivity contribution in [3.63, 3.8) is 0 Å². The number of ketones is 1. The number of fused-ring (bicyclic) bond motifs is 1. The smallest absolute Gasteiger partial charge is 0.142 e. The van der Waals surface area contributed by atoms with Crippen molar-refractivity contribution < 1.29 is 9.53 Å². The van der Waals surface area contributed by atoms with E-state index in [4.69, 9.17) is 4.74 Å². The zero-order valence-electron chi connectivity index (χ0n) is 11.3. The Balaban J connectivity index is 1.64. The number of carbonyl (C=O) groups excluding carboxylic acids is 1. The van der Waals surface area contributed by atoms with Crippen LogP contribution in [0.1, 0.15) is 55.7 Å². The largest absolute Gasteiger partial charge is 0.378 e. The normalized spacial score (nSPS) is 26.1. The minimum atomic E-state index is 0.0337. The summed E-state index contributed by atoms with van der Waals surface area (Å²) in [4.78, 5) is 16.9. The first-order chi connectivity index (χ1) is 9.34. The van der Waals surface area contributed by atoms with Gasteiger partial charge < -0.3 is 4.74 Å². The Labute approximate surface area is 114 Å². The number of aromatic nitrogens is 1. The lowest BCUT2D eigenvalue weighted by molar-refractivity contribution is -0.121. The molecule has 2 atom stereocenters. The lowest BCUT2D eigenvalue weighted by Gasteiger charge is -2.23. The van der Waals surface area contributed by atoms with Gasteiger partial charge in [-0.2, -0.15) is 0 Å². The van der Waals surface area contributed by atoms with Gasteiger partial charge in [-0.3, -0.25) is 9.78 Å². The van der Waals surface area contributed by atoms with Crippen molar-refractivity contribution in [3.05, 3.63) is 29.6 Å². The van der Waals surface area contributed by atoms with Crippen molar-refractivity contribution in [3.8, 4) is 0 Å². The Hall–Kier alpha value is -1.22. The van der Waals surface area contributed by atoms with E-state index in [-0.39, 0.29) is 5.92 Å². The number of hydrogen-bond donors (Lipinski definition) is 0. The summed E-state index contributed by atoms with van der Waals surface area (Å²) in [5, 5.41) is 0. The SMILES string of the molecule is O=C(CCC1CCCO1)C1CCCc2cccnc21. The van der Waals surface area contributed by atoms with Crippen LogP contribution in [0.25, 0.3) is 0 Å². The second-order valence-corrected chi connectivity index (χ2v) is 5.63. The summed E-state index contributed by atoms with van der Waals surface area (Å²) in [5.74, 6) is 0.390. The molecule has 1 aliphatic carbocycles. The zero-order valence-corrected chi connectivity index (χ0v) is 11.3. The molecule has 2 heterocycles. The van der Waals surface area contributed by atoms with Crippen molar-refractivity contribution in [1.29, 1.82) is 0 Å². The quantitative estimate of drug-likeness (QED) is 0.834. The molecule has 1 saturated heterocycles. The third kappa shape index (κ3) is 2.86. The van der Waals surface area contributed by atoms with Gasteiger partial charge in [0.1, 0.15) is 5.78 Å². The molecule has 2 unspecified atom stereocenters. The van der Waals surface area contributed by atoms with Crippen LogP contribution in [-0.2, 0) is 16.0 Å². The number of Topliss-reactive ketones (excluding diaryl/α,β-unsaturated/α-hetero) is 1. The number of hydrogen-bond acceptors (Lipinski definition) is 3. The van der Waals surface area contributed by atoms with E-state index in [1.165, 1.54) is 5.56 Å². The van der Waals surface area contributed by atoms with Crippen LogP contribution in [0.2, 0.25) is 0 Å². The Bertz CT molecular complexity index is 452. The molecule has 3 rings (SSSR count). The summed E-state index contributed by atoms with van der Waals surface area (Å²) >= 11 is 0. The average Bonchev–Trinajstić information content (AvgIpc) is 2.97. The van der Waals surface area contributed by atoms with E-state index in [1.807, 2.05) is 12.3 Å². The van der Waals surface area contributed by atoms with Crippen molar-refractivity contribution in [2.75, 3.05) is 6.61 Å². The number of rotatable bonds is 4. The van der Waals surface area contributed by atoms with Crippen molar-refractivity contribution in [2.45, 2.75) is 57.0 Å².